The minimum Gasteiger partial charge on any atom is -0.481 e. The van der Waals surface area contributed by atoms with E-state index >= 15 is 0 Å². The van der Waals surface area contributed by atoms with Gasteiger partial charge in [-0.3, -0.25) is 4.79 Å². The van der Waals surface area contributed by atoms with Gasteiger partial charge in [0.05, 0.1) is 5.52 Å². The van der Waals surface area contributed by atoms with E-state index in [0.717, 1.165) is 12.3 Å². The van der Waals surface area contributed by atoms with E-state index < -0.39 is 38.4 Å². The molecule has 11 heteroatoms. The summed E-state index contributed by atoms with van der Waals surface area (Å²) >= 11 is 6.03. The first-order chi connectivity index (χ1) is 16.4. The van der Waals surface area contributed by atoms with Crippen LogP contribution in [0.4, 0.5) is 17.6 Å². The minimum atomic E-state index is -5.32. The maximum atomic E-state index is 14.6. The summed E-state index contributed by atoms with van der Waals surface area (Å²) in [7, 11) is -5.05. The van der Waals surface area contributed by atoms with Crippen LogP contribution in [0, 0.1) is 5.82 Å². The topological polar surface area (TPSA) is 76.4 Å². The normalized spacial score (nSPS) is 12.3. The van der Waals surface area contributed by atoms with Crippen molar-refractivity contribution in [2.45, 2.75) is 23.9 Å². The van der Waals surface area contributed by atoms with Crippen LogP contribution in [0.2, 0.25) is 5.02 Å². The summed E-state index contributed by atoms with van der Waals surface area (Å²) in [6, 6.07) is 13.1. The molecule has 3 aromatic carbocycles. The van der Waals surface area contributed by atoms with Gasteiger partial charge in [-0.1, -0.05) is 48.0 Å². The standard InChI is InChI=1S/C24H16ClF4NO4S/c25-16-7-10-20-18(12-16)15(6-11-21(31)32)13-30(20)35(33,34)23-17(14-4-2-1-3-5-14)8-9-19(26)22(23)24(27,28)29/h1-5,7-10,12-13H,6,11H2,(H,31,32). The lowest BCUT2D eigenvalue weighted by Gasteiger charge is -2.19. The molecule has 35 heavy (non-hydrogen) atoms. The van der Waals surface area contributed by atoms with Gasteiger partial charge in [0.25, 0.3) is 10.0 Å². The lowest BCUT2D eigenvalue weighted by atomic mass is 10.0. The molecule has 182 valence electrons. The molecule has 0 aliphatic carbocycles. The monoisotopic (exact) mass is 525 g/mol. The number of fused-ring (bicyclic) bond motifs is 1. The molecule has 0 unspecified atom stereocenters. The van der Waals surface area contributed by atoms with E-state index in [1.54, 1.807) is 6.07 Å². The number of rotatable bonds is 6. The predicted octanol–water partition coefficient (Wildman–Crippen LogP) is 6.37. The van der Waals surface area contributed by atoms with Gasteiger partial charge < -0.3 is 5.11 Å². The maximum absolute atomic E-state index is 14.6. The molecule has 0 amide bonds. The van der Waals surface area contributed by atoms with Crippen molar-refractivity contribution in [2.24, 2.45) is 0 Å². The molecule has 1 aromatic heterocycles. The smallest absolute Gasteiger partial charge is 0.420 e. The largest absolute Gasteiger partial charge is 0.481 e. The van der Waals surface area contributed by atoms with Gasteiger partial charge in [0, 0.05) is 28.6 Å². The zero-order chi connectivity index (χ0) is 25.5. The highest BCUT2D eigenvalue weighted by molar-refractivity contribution is 7.90. The molecular formula is C24H16ClF4NO4S. The van der Waals surface area contributed by atoms with Gasteiger partial charge in [0.1, 0.15) is 16.3 Å². The third-order valence-electron chi connectivity index (χ3n) is 5.42. The Labute approximate surface area is 202 Å². The van der Waals surface area contributed by atoms with Crippen molar-refractivity contribution in [1.82, 2.24) is 3.97 Å². The Balaban J connectivity index is 2.08. The summed E-state index contributed by atoms with van der Waals surface area (Å²) in [5, 5.41) is 9.52. The van der Waals surface area contributed by atoms with Crippen LogP contribution in [0.1, 0.15) is 17.5 Å². The van der Waals surface area contributed by atoms with Gasteiger partial charge in [-0.2, -0.15) is 13.2 Å². The second kappa shape index (κ2) is 9.01. The lowest BCUT2D eigenvalue weighted by molar-refractivity contribution is -0.142. The van der Waals surface area contributed by atoms with Crippen LogP contribution in [-0.4, -0.2) is 23.5 Å². The predicted molar refractivity (Wildman–Crippen MR) is 122 cm³/mol. The Morgan fingerprint density at radius 2 is 1.71 bits per heavy atom. The highest BCUT2D eigenvalue weighted by Crippen LogP contribution is 2.43. The number of halogens is 5. The number of hydrogen-bond donors (Lipinski definition) is 1. The minimum absolute atomic E-state index is 0.0220. The molecule has 0 atom stereocenters. The van der Waals surface area contributed by atoms with Gasteiger partial charge >= 0.3 is 12.1 Å². The van der Waals surface area contributed by atoms with Gasteiger partial charge in [0.2, 0.25) is 0 Å². The Bertz CT molecular complexity index is 1550. The van der Waals surface area contributed by atoms with E-state index in [2.05, 4.69) is 0 Å². The van der Waals surface area contributed by atoms with Crippen LogP contribution in [0.5, 0.6) is 0 Å². The Hall–Kier alpha value is -3.37. The van der Waals surface area contributed by atoms with Crippen molar-refractivity contribution in [2.75, 3.05) is 0 Å². The van der Waals surface area contributed by atoms with Crippen molar-refractivity contribution >= 4 is 38.5 Å². The molecule has 0 aliphatic heterocycles. The van der Waals surface area contributed by atoms with E-state index in [4.69, 9.17) is 16.7 Å². The molecule has 1 heterocycles. The number of hydrogen-bond acceptors (Lipinski definition) is 3. The number of alkyl halides is 3. The summed E-state index contributed by atoms with van der Waals surface area (Å²) < 4.78 is 85.0. The molecule has 0 spiro atoms. The molecule has 0 saturated carbocycles. The highest BCUT2D eigenvalue weighted by atomic mass is 35.5. The molecule has 0 radical (unpaired) electrons. The summed E-state index contributed by atoms with van der Waals surface area (Å²) in [6.45, 7) is 0. The number of benzene rings is 3. The molecule has 5 nitrogen and oxygen atoms in total. The third kappa shape index (κ3) is 4.63. The van der Waals surface area contributed by atoms with E-state index in [1.807, 2.05) is 0 Å². The van der Waals surface area contributed by atoms with Crippen molar-refractivity contribution in [3.05, 3.63) is 88.8 Å². The summed E-state index contributed by atoms with van der Waals surface area (Å²) in [6.07, 6.45) is -4.72. The van der Waals surface area contributed by atoms with Gasteiger partial charge in [-0.25, -0.2) is 16.8 Å². The average molecular weight is 526 g/mol. The van der Waals surface area contributed by atoms with Crippen molar-refractivity contribution < 1.29 is 35.9 Å². The van der Waals surface area contributed by atoms with Gasteiger partial charge in [-0.15, -0.1) is 0 Å². The second-order valence-electron chi connectivity index (χ2n) is 7.67. The first kappa shape index (κ1) is 24.7. The fraction of sp³-hybridized carbons (Fsp3) is 0.125. The number of carboxylic acid groups (broad SMARTS) is 1. The fourth-order valence-electron chi connectivity index (χ4n) is 3.91. The summed E-state index contributed by atoms with van der Waals surface area (Å²) in [4.78, 5) is 9.83. The van der Waals surface area contributed by atoms with Crippen molar-refractivity contribution in [1.29, 1.82) is 0 Å². The first-order valence-corrected chi connectivity index (χ1v) is 11.9. The van der Waals surface area contributed by atoms with Gasteiger partial charge in [-0.05, 0) is 41.8 Å². The maximum Gasteiger partial charge on any atom is 0.420 e. The Kier molecular flexibility index (Phi) is 6.37. The molecule has 4 aromatic rings. The number of aromatic nitrogens is 1. The SMILES string of the molecule is O=C(O)CCc1cn(S(=O)(=O)c2c(-c3ccccc3)ccc(F)c2C(F)(F)F)c2ccc(Cl)cc12. The highest BCUT2D eigenvalue weighted by Gasteiger charge is 2.43. The quantitative estimate of drug-likeness (QED) is 0.297. The Morgan fingerprint density at radius 1 is 1.03 bits per heavy atom. The van der Waals surface area contributed by atoms with Crippen LogP contribution < -0.4 is 0 Å². The van der Waals surface area contributed by atoms with Crippen LogP contribution in [0.15, 0.2) is 71.8 Å². The molecule has 4 rings (SSSR count). The summed E-state index contributed by atoms with van der Waals surface area (Å²) in [5.74, 6) is -2.88. The first-order valence-electron chi connectivity index (χ1n) is 10.1. The number of nitrogens with zero attached hydrogens (tertiary/aromatic N) is 1. The number of carboxylic acids is 1. The van der Waals surface area contributed by atoms with Crippen molar-refractivity contribution in [3.63, 3.8) is 0 Å². The second-order valence-corrected chi connectivity index (χ2v) is 9.86. The lowest BCUT2D eigenvalue weighted by Crippen LogP contribution is -2.21. The summed E-state index contributed by atoms with van der Waals surface area (Å²) in [5.41, 5.74) is -1.88. The van der Waals surface area contributed by atoms with Crippen LogP contribution in [-0.2, 0) is 27.4 Å². The average Bonchev–Trinajstić information content (AvgIpc) is 3.15. The fourth-order valence-corrected chi connectivity index (χ4v) is 5.90. The molecule has 0 fully saturated rings. The number of aryl methyl sites for hydroxylation is 1. The van der Waals surface area contributed by atoms with Crippen LogP contribution in [0.25, 0.3) is 22.0 Å². The zero-order valence-electron chi connectivity index (χ0n) is 17.7. The van der Waals surface area contributed by atoms with E-state index in [-0.39, 0.29) is 45.5 Å². The van der Waals surface area contributed by atoms with E-state index in [1.165, 1.54) is 42.5 Å². The van der Waals surface area contributed by atoms with E-state index in [0.29, 0.717) is 10.0 Å². The molecule has 1 N–H and O–H groups in total. The Morgan fingerprint density at radius 3 is 2.34 bits per heavy atom. The van der Waals surface area contributed by atoms with Crippen LogP contribution >= 0.6 is 11.6 Å². The number of aliphatic carboxylic acids is 1. The van der Waals surface area contributed by atoms with Gasteiger partial charge in [0.15, 0.2) is 0 Å². The molecule has 0 aliphatic rings. The molecule has 0 saturated heterocycles. The third-order valence-corrected chi connectivity index (χ3v) is 7.41. The molecular weight excluding hydrogens is 510 g/mol. The number of carbonyl (C=O) groups is 1. The zero-order valence-corrected chi connectivity index (χ0v) is 19.3. The van der Waals surface area contributed by atoms with Crippen molar-refractivity contribution in [3.8, 4) is 11.1 Å². The van der Waals surface area contributed by atoms with Crippen LogP contribution in [0.3, 0.4) is 0 Å². The molecule has 0 bridgehead atoms. The van der Waals surface area contributed by atoms with E-state index in [9.17, 15) is 30.8 Å².